The number of ketones is 1. The maximum atomic E-state index is 11.3. The predicted molar refractivity (Wildman–Crippen MR) is 77.4 cm³/mol. The van der Waals surface area contributed by atoms with Crippen molar-refractivity contribution in [3.8, 4) is 11.5 Å². The topological polar surface area (TPSA) is 89.6 Å². The first-order chi connectivity index (χ1) is 9.58. The average molecular weight is 269 g/mol. The highest BCUT2D eigenvalue weighted by Gasteiger charge is 2.12. The number of pyridine rings is 1. The second kappa shape index (κ2) is 4.48. The molecular formula is C14H15N5O. The number of nitrogens with zero attached hydrogens (tertiary/aromatic N) is 3. The fourth-order valence-electron chi connectivity index (χ4n) is 2.20. The van der Waals surface area contributed by atoms with Gasteiger partial charge in [0.25, 0.3) is 0 Å². The summed E-state index contributed by atoms with van der Waals surface area (Å²) in [7, 11) is 0. The van der Waals surface area contributed by atoms with Crippen molar-refractivity contribution >= 4 is 22.6 Å². The third kappa shape index (κ3) is 1.95. The Morgan fingerprint density at radius 2 is 2.20 bits per heavy atom. The minimum absolute atomic E-state index is 0.0716. The number of aromatic nitrogens is 4. The number of hydrogen-bond donors (Lipinski definition) is 2. The van der Waals surface area contributed by atoms with Gasteiger partial charge in [-0.25, -0.2) is 9.97 Å². The number of carbonyl (C=O) groups excluding carboxylic acids is 1. The molecule has 102 valence electrons. The van der Waals surface area contributed by atoms with E-state index in [0.717, 1.165) is 17.8 Å². The van der Waals surface area contributed by atoms with E-state index in [0.29, 0.717) is 22.9 Å². The molecule has 0 saturated heterocycles. The molecule has 0 unspecified atom stereocenters. The van der Waals surface area contributed by atoms with E-state index < -0.39 is 0 Å². The van der Waals surface area contributed by atoms with Crippen LogP contribution in [-0.2, 0) is 6.54 Å². The summed E-state index contributed by atoms with van der Waals surface area (Å²) in [6.45, 7) is 4.33. The van der Waals surface area contributed by atoms with Crippen LogP contribution in [0.15, 0.2) is 24.4 Å². The largest absolute Gasteiger partial charge is 0.397 e. The summed E-state index contributed by atoms with van der Waals surface area (Å²) >= 11 is 0. The van der Waals surface area contributed by atoms with Crippen molar-refractivity contribution in [2.45, 2.75) is 20.4 Å². The third-order valence-corrected chi connectivity index (χ3v) is 3.21. The molecule has 0 bridgehead atoms. The fraction of sp³-hybridized carbons (Fsp3) is 0.214. The van der Waals surface area contributed by atoms with Crippen molar-refractivity contribution in [2.75, 3.05) is 5.73 Å². The smallest absolute Gasteiger partial charge is 0.178 e. The zero-order valence-corrected chi connectivity index (χ0v) is 11.3. The van der Waals surface area contributed by atoms with Crippen LogP contribution in [0.4, 0.5) is 5.69 Å². The van der Waals surface area contributed by atoms with E-state index in [2.05, 4.69) is 15.0 Å². The molecule has 3 aromatic heterocycles. The van der Waals surface area contributed by atoms with Gasteiger partial charge in [0.1, 0.15) is 5.69 Å². The summed E-state index contributed by atoms with van der Waals surface area (Å²) < 4.78 is 2.01. The molecule has 0 atom stereocenters. The number of nitrogens with two attached hydrogens (primary N) is 1. The first-order valence-corrected chi connectivity index (χ1v) is 6.42. The average Bonchev–Trinajstić information content (AvgIpc) is 3.00. The highest BCUT2D eigenvalue weighted by molar-refractivity contribution is 5.94. The molecule has 3 heterocycles. The lowest BCUT2D eigenvalue weighted by Crippen LogP contribution is -1.96. The van der Waals surface area contributed by atoms with Crippen molar-refractivity contribution in [1.29, 1.82) is 0 Å². The second-order valence-electron chi connectivity index (χ2n) is 4.65. The van der Waals surface area contributed by atoms with Crippen LogP contribution in [0.2, 0.25) is 0 Å². The molecule has 0 aliphatic heterocycles. The van der Waals surface area contributed by atoms with Gasteiger partial charge in [-0.2, -0.15) is 0 Å². The number of aryl methyl sites for hydroxylation is 1. The SMILES string of the molecule is CCn1cc(N)cc1-c1nc2nc(C(C)=O)ccc2[nH]1. The molecule has 6 nitrogen and oxygen atoms in total. The minimum Gasteiger partial charge on any atom is -0.397 e. The fourth-order valence-corrected chi connectivity index (χ4v) is 2.20. The molecule has 6 heteroatoms. The summed E-state index contributed by atoms with van der Waals surface area (Å²) in [4.78, 5) is 23.3. The first kappa shape index (κ1) is 12.4. The summed E-state index contributed by atoms with van der Waals surface area (Å²) in [5.41, 5.74) is 9.18. The second-order valence-corrected chi connectivity index (χ2v) is 4.65. The molecule has 0 fully saturated rings. The number of nitrogens with one attached hydrogen (secondary N) is 1. The molecule has 0 amide bonds. The van der Waals surface area contributed by atoms with E-state index >= 15 is 0 Å². The van der Waals surface area contributed by atoms with Gasteiger partial charge in [0, 0.05) is 19.7 Å². The van der Waals surface area contributed by atoms with Gasteiger partial charge in [0.15, 0.2) is 17.3 Å². The lowest BCUT2D eigenvalue weighted by molar-refractivity contribution is 0.101. The maximum Gasteiger partial charge on any atom is 0.178 e. The van der Waals surface area contributed by atoms with E-state index in [9.17, 15) is 4.79 Å². The van der Waals surface area contributed by atoms with Gasteiger partial charge >= 0.3 is 0 Å². The van der Waals surface area contributed by atoms with Gasteiger partial charge in [-0.05, 0) is 25.1 Å². The van der Waals surface area contributed by atoms with Crippen LogP contribution in [0.25, 0.3) is 22.7 Å². The van der Waals surface area contributed by atoms with E-state index in [4.69, 9.17) is 5.73 Å². The van der Waals surface area contributed by atoms with Crippen LogP contribution in [0, 0.1) is 0 Å². The number of fused-ring (bicyclic) bond motifs is 1. The predicted octanol–water partition coefficient (Wildman–Crippen LogP) is 2.23. The number of carbonyl (C=O) groups is 1. The van der Waals surface area contributed by atoms with Gasteiger partial charge in [0.2, 0.25) is 0 Å². The lowest BCUT2D eigenvalue weighted by Gasteiger charge is -2.01. The van der Waals surface area contributed by atoms with Crippen LogP contribution >= 0.6 is 0 Å². The molecule has 0 radical (unpaired) electrons. The highest BCUT2D eigenvalue weighted by Crippen LogP contribution is 2.23. The standard InChI is InChI=1S/C14H15N5O/c1-3-19-7-9(15)6-12(19)14-17-11-5-4-10(8(2)20)16-13(11)18-14/h4-7H,3,15H2,1-2H3,(H,16,17,18). The summed E-state index contributed by atoms with van der Waals surface area (Å²) in [5.74, 6) is 0.629. The Bertz CT molecular complexity index is 799. The number of rotatable bonds is 3. The van der Waals surface area contributed by atoms with Crippen LogP contribution in [0.3, 0.4) is 0 Å². The Hall–Kier alpha value is -2.63. The zero-order valence-electron chi connectivity index (χ0n) is 11.3. The number of anilines is 1. The van der Waals surface area contributed by atoms with Crippen LogP contribution < -0.4 is 5.73 Å². The number of Topliss-reactive ketones (excluding diaryl/α,β-unsaturated/α-hetero) is 1. The molecule has 0 spiro atoms. The maximum absolute atomic E-state index is 11.3. The number of nitrogen functional groups attached to an aromatic ring is 1. The molecule has 3 aromatic rings. The van der Waals surface area contributed by atoms with Crippen molar-refractivity contribution < 1.29 is 4.79 Å². The van der Waals surface area contributed by atoms with E-state index in [1.165, 1.54) is 6.92 Å². The molecule has 20 heavy (non-hydrogen) atoms. The van der Waals surface area contributed by atoms with Crippen molar-refractivity contribution in [2.24, 2.45) is 0 Å². The summed E-state index contributed by atoms with van der Waals surface area (Å²) in [5, 5.41) is 0. The van der Waals surface area contributed by atoms with E-state index in [1.54, 1.807) is 6.07 Å². The monoisotopic (exact) mass is 269 g/mol. The van der Waals surface area contributed by atoms with Gasteiger partial charge in [-0.15, -0.1) is 0 Å². The first-order valence-electron chi connectivity index (χ1n) is 6.42. The Morgan fingerprint density at radius 3 is 2.90 bits per heavy atom. The number of imidazole rings is 1. The number of H-pyrrole nitrogens is 1. The molecule has 0 saturated carbocycles. The molecule has 3 rings (SSSR count). The third-order valence-electron chi connectivity index (χ3n) is 3.21. The summed E-state index contributed by atoms with van der Waals surface area (Å²) in [6.07, 6.45) is 1.87. The van der Waals surface area contributed by atoms with Crippen molar-refractivity contribution in [3.05, 3.63) is 30.1 Å². The Kier molecular flexibility index (Phi) is 2.78. The Morgan fingerprint density at radius 1 is 1.40 bits per heavy atom. The van der Waals surface area contributed by atoms with E-state index in [1.807, 2.05) is 29.8 Å². The molecule has 0 aliphatic carbocycles. The van der Waals surface area contributed by atoms with Gasteiger partial charge in [0.05, 0.1) is 16.9 Å². The molecular weight excluding hydrogens is 254 g/mol. The normalized spacial score (nSPS) is 11.1. The van der Waals surface area contributed by atoms with Crippen molar-refractivity contribution in [3.63, 3.8) is 0 Å². The number of aromatic amines is 1. The van der Waals surface area contributed by atoms with Gasteiger partial charge in [-0.3, -0.25) is 4.79 Å². The number of hydrogen-bond acceptors (Lipinski definition) is 4. The van der Waals surface area contributed by atoms with E-state index in [-0.39, 0.29) is 5.78 Å². The van der Waals surface area contributed by atoms with Crippen LogP contribution in [0.1, 0.15) is 24.3 Å². The molecule has 3 N–H and O–H groups in total. The highest BCUT2D eigenvalue weighted by atomic mass is 16.1. The van der Waals surface area contributed by atoms with Crippen LogP contribution in [0.5, 0.6) is 0 Å². The van der Waals surface area contributed by atoms with Gasteiger partial charge in [-0.1, -0.05) is 0 Å². The zero-order chi connectivity index (χ0) is 14.3. The van der Waals surface area contributed by atoms with Crippen LogP contribution in [-0.4, -0.2) is 25.3 Å². The molecule has 0 aromatic carbocycles. The summed E-state index contributed by atoms with van der Waals surface area (Å²) in [6, 6.07) is 5.38. The Balaban J connectivity index is 2.15. The quantitative estimate of drug-likeness (QED) is 0.713. The minimum atomic E-state index is -0.0716. The van der Waals surface area contributed by atoms with Gasteiger partial charge < -0.3 is 15.3 Å². The lowest BCUT2D eigenvalue weighted by atomic mass is 10.3. The van der Waals surface area contributed by atoms with Crippen molar-refractivity contribution in [1.82, 2.24) is 19.5 Å². The Labute approximate surface area is 115 Å². The molecule has 0 aliphatic rings.